The first-order valence-corrected chi connectivity index (χ1v) is 13.4. The lowest BCUT2D eigenvalue weighted by Gasteiger charge is -2.10. The van der Waals surface area contributed by atoms with Crippen molar-refractivity contribution < 1.29 is 23.6 Å². The second kappa shape index (κ2) is 12.5. The number of carbonyl (C=O) groups excluding carboxylic acids is 1. The normalized spacial score (nSPS) is 11.0. The first-order chi connectivity index (χ1) is 20.3. The monoisotopic (exact) mass is 629 g/mol. The summed E-state index contributed by atoms with van der Waals surface area (Å²) in [5, 5.41) is 14.8. The van der Waals surface area contributed by atoms with Crippen molar-refractivity contribution in [3.63, 3.8) is 0 Å². The molecule has 12 heteroatoms. The van der Waals surface area contributed by atoms with Gasteiger partial charge in [-0.1, -0.05) is 0 Å². The highest BCUT2D eigenvalue weighted by molar-refractivity contribution is 9.10. The molecule has 2 aromatic carbocycles. The second-order valence-electron chi connectivity index (χ2n) is 9.10. The number of hydrogen-bond acceptors (Lipinski definition) is 8. The zero-order valence-electron chi connectivity index (χ0n) is 22.5. The fraction of sp³-hybridized carbons (Fsp3) is 0.100. The smallest absolute Gasteiger partial charge is 0.307 e. The predicted molar refractivity (Wildman–Crippen MR) is 158 cm³/mol. The summed E-state index contributed by atoms with van der Waals surface area (Å²) in [5.74, 6) is 1.41. The molecule has 0 bridgehead atoms. The molecule has 0 radical (unpaired) electrons. The molecule has 212 valence electrons. The number of halogens is 1. The molecule has 11 nitrogen and oxygen atoms in total. The lowest BCUT2D eigenvalue weighted by molar-refractivity contribution is -0.385. The van der Waals surface area contributed by atoms with Crippen LogP contribution in [0.1, 0.15) is 33.3 Å². The molecule has 0 fully saturated rings. The van der Waals surface area contributed by atoms with Gasteiger partial charge in [0.1, 0.15) is 30.1 Å². The van der Waals surface area contributed by atoms with Crippen LogP contribution in [-0.4, -0.2) is 26.6 Å². The van der Waals surface area contributed by atoms with E-state index in [0.29, 0.717) is 27.3 Å². The molecule has 0 spiro atoms. The van der Waals surface area contributed by atoms with Gasteiger partial charge >= 0.3 is 5.91 Å². The van der Waals surface area contributed by atoms with E-state index in [1.807, 2.05) is 24.3 Å². The van der Waals surface area contributed by atoms with E-state index in [2.05, 4.69) is 62.0 Å². The molecule has 3 heterocycles. The minimum absolute atomic E-state index is 0.0974. The van der Waals surface area contributed by atoms with Crippen molar-refractivity contribution in [2.75, 3.05) is 0 Å². The Morgan fingerprint density at radius 1 is 1.07 bits per heavy atom. The first-order valence-electron chi connectivity index (χ1n) is 12.6. The molecule has 0 atom stereocenters. The van der Waals surface area contributed by atoms with E-state index >= 15 is 0 Å². The Balaban J connectivity index is 1.12. The number of rotatable bonds is 10. The van der Waals surface area contributed by atoms with Crippen LogP contribution in [0, 0.1) is 24.0 Å². The molecule has 0 aliphatic heterocycles. The number of hydrogen-bond donors (Lipinski definition) is 1. The van der Waals surface area contributed by atoms with Crippen molar-refractivity contribution in [2.45, 2.75) is 20.5 Å². The summed E-state index contributed by atoms with van der Waals surface area (Å²) in [7, 11) is 0. The van der Waals surface area contributed by atoms with Crippen LogP contribution in [0.2, 0.25) is 0 Å². The Morgan fingerprint density at radius 3 is 2.50 bits per heavy atom. The summed E-state index contributed by atoms with van der Waals surface area (Å²) >= 11 is 3.41. The number of nitrogens with zero attached hydrogens (tertiary/aromatic N) is 4. The van der Waals surface area contributed by atoms with Gasteiger partial charge in [0.25, 0.3) is 5.69 Å². The average molecular weight is 630 g/mol. The van der Waals surface area contributed by atoms with Gasteiger partial charge in [-0.05, 0) is 102 Å². The van der Waals surface area contributed by atoms with Gasteiger partial charge in [0.15, 0.2) is 5.76 Å². The molecule has 3 aromatic heterocycles. The van der Waals surface area contributed by atoms with Gasteiger partial charge in [-0.2, -0.15) is 5.10 Å². The van der Waals surface area contributed by atoms with E-state index in [-0.39, 0.29) is 23.9 Å². The Labute approximate surface area is 248 Å². The average Bonchev–Trinajstić information content (AvgIpc) is 3.60. The van der Waals surface area contributed by atoms with E-state index in [4.69, 9.17) is 13.9 Å². The molecule has 1 N–H and O–H groups in total. The van der Waals surface area contributed by atoms with Crippen LogP contribution < -0.4 is 14.9 Å². The third kappa shape index (κ3) is 6.73. The quantitative estimate of drug-likeness (QED) is 0.101. The number of benzene rings is 2. The molecule has 5 aromatic rings. The SMILES string of the molecule is Cc1ccc(C)n1-c1ccc(OCc2ccc(C(=O)N/N=C/c3ccc(Oc4ccc([N+](=O)[O-])cn4)c(Br)c3)o2)cc1. The number of aromatic nitrogens is 2. The van der Waals surface area contributed by atoms with Gasteiger partial charge in [-0.15, -0.1) is 0 Å². The second-order valence-corrected chi connectivity index (χ2v) is 9.96. The maximum atomic E-state index is 12.5. The predicted octanol–water partition coefficient (Wildman–Crippen LogP) is 6.89. The van der Waals surface area contributed by atoms with Crippen molar-refractivity contribution in [3.8, 4) is 23.1 Å². The number of amides is 1. The van der Waals surface area contributed by atoms with Gasteiger partial charge in [0, 0.05) is 29.2 Å². The van der Waals surface area contributed by atoms with Crippen LogP contribution in [0.5, 0.6) is 17.4 Å². The number of ether oxygens (including phenoxy) is 2. The fourth-order valence-corrected chi connectivity index (χ4v) is 4.53. The fourth-order valence-electron chi connectivity index (χ4n) is 4.05. The first kappa shape index (κ1) is 28.3. The maximum absolute atomic E-state index is 12.5. The standard InChI is InChI=1S/C30H24BrN5O6/c1-19-3-4-20(2)35(19)22-6-9-24(10-7-22)40-18-25-11-13-28(41-25)30(37)34-33-16-21-5-12-27(26(31)15-21)42-29-14-8-23(17-32-29)36(38)39/h3-17H,18H2,1-2H3,(H,34,37)/b33-16+. The maximum Gasteiger partial charge on any atom is 0.307 e. The molecular weight excluding hydrogens is 606 g/mol. The highest BCUT2D eigenvalue weighted by atomic mass is 79.9. The number of hydrazone groups is 1. The van der Waals surface area contributed by atoms with E-state index in [1.54, 1.807) is 30.3 Å². The molecule has 0 saturated carbocycles. The van der Waals surface area contributed by atoms with Gasteiger partial charge in [-0.25, -0.2) is 10.4 Å². The number of furan rings is 1. The summed E-state index contributed by atoms with van der Waals surface area (Å²) in [5.41, 5.74) is 6.34. The summed E-state index contributed by atoms with van der Waals surface area (Å²) in [6.07, 6.45) is 2.58. The molecule has 42 heavy (non-hydrogen) atoms. The molecule has 0 aliphatic carbocycles. The lowest BCUT2D eigenvalue weighted by Crippen LogP contribution is -2.16. The van der Waals surface area contributed by atoms with Crippen LogP contribution in [0.25, 0.3) is 5.69 Å². The Hall–Kier alpha value is -5.23. The van der Waals surface area contributed by atoms with Crippen LogP contribution >= 0.6 is 15.9 Å². The van der Waals surface area contributed by atoms with Crippen molar-refractivity contribution in [1.29, 1.82) is 0 Å². The van der Waals surface area contributed by atoms with Gasteiger partial charge in [-0.3, -0.25) is 14.9 Å². The highest BCUT2D eigenvalue weighted by Crippen LogP contribution is 2.30. The number of pyridine rings is 1. The third-order valence-corrected chi connectivity index (χ3v) is 6.73. The number of nitro groups is 1. The Bertz CT molecular complexity index is 1740. The minimum atomic E-state index is -0.535. The molecule has 0 unspecified atom stereocenters. The van der Waals surface area contributed by atoms with Crippen LogP contribution in [0.15, 0.2) is 99.1 Å². The van der Waals surface area contributed by atoms with E-state index in [0.717, 1.165) is 23.3 Å². The molecular formula is C30H24BrN5O6. The van der Waals surface area contributed by atoms with Gasteiger partial charge in [0.05, 0.1) is 15.6 Å². The van der Waals surface area contributed by atoms with E-state index < -0.39 is 10.8 Å². The summed E-state index contributed by atoms with van der Waals surface area (Å²) in [4.78, 5) is 26.6. The molecule has 0 saturated heterocycles. The van der Waals surface area contributed by atoms with E-state index in [1.165, 1.54) is 18.3 Å². The summed E-state index contributed by atoms with van der Waals surface area (Å²) in [6.45, 7) is 4.28. The van der Waals surface area contributed by atoms with Crippen LogP contribution in [0.4, 0.5) is 5.69 Å². The highest BCUT2D eigenvalue weighted by Gasteiger charge is 2.12. The topological polar surface area (TPSA) is 134 Å². The zero-order chi connectivity index (χ0) is 29.6. The van der Waals surface area contributed by atoms with Crippen molar-refractivity contribution >= 4 is 33.7 Å². The molecule has 5 rings (SSSR count). The van der Waals surface area contributed by atoms with Crippen molar-refractivity contribution in [1.82, 2.24) is 15.0 Å². The van der Waals surface area contributed by atoms with Crippen LogP contribution in [0.3, 0.4) is 0 Å². The Kier molecular flexibility index (Phi) is 8.44. The molecule has 1 amide bonds. The summed E-state index contributed by atoms with van der Waals surface area (Å²) < 4.78 is 19.9. The van der Waals surface area contributed by atoms with Gasteiger partial charge < -0.3 is 18.5 Å². The Morgan fingerprint density at radius 2 is 1.83 bits per heavy atom. The van der Waals surface area contributed by atoms with Crippen LogP contribution in [-0.2, 0) is 6.61 Å². The van der Waals surface area contributed by atoms with E-state index in [9.17, 15) is 14.9 Å². The summed E-state index contributed by atoms with van der Waals surface area (Å²) in [6, 6.07) is 23.0. The number of carbonyl (C=O) groups is 1. The minimum Gasteiger partial charge on any atom is -0.486 e. The van der Waals surface area contributed by atoms with Crippen molar-refractivity contribution in [3.05, 3.63) is 128 Å². The van der Waals surface area contributed by atoms with Gasteiger partial charge in [0.2, 0.25) is 5.88 Å². The third-order valence-electron chi connectivity index (χ3n) is 6.11. The number of nitrogens with one attached hydrogen (secondary N) is 1. The molecule has 0 aliphatic rings. The zero-order valence-corrected chi connectivity index (χ0v) is 24.1. The largest absolute Gasteiger partial charge is 0.486 e. The number of aryl methyl sites for hydroxylation is 2. The lowest BCUT2D eigenvalue weighted by atomic mass is 10.2. The van der Waals surface area contributed by atoms with Crippen molar-refractivity contribution in [2.24, 2.45) is 5.10 Å².